The molecule has 1 rings (SSSR count). The fourth-order valence-corrected chi connectivity index (χ4v) is 1.10. The van der Waals surface area contributed by atoms with Gasteiger partial charge in [0.1, 0.15) is 0 Å². The lowest BCUT2D eigenvalue weighted by atomic mass is 9.99. The Balaban J connectivity index is 2.39. The van der Waals surface area contributed by atoms with Crippen LogP contribution in [0.15, 0.2) is 24.8 Å². The Morgan fingerprint density at radius 1 is 1.64 bits per heavy atom. The van der Waals surface area contributed by atoms with Crippen LogP contribution in [0.25, 0.3) is 0 Å². The Morgan fingerprint density at radius 2 is 2.45 bits per heavy atom. The van der Waals surface area contributed by atoms with Crippen LogP contribution in [0.2, 0.25) is 0 Å². The predicted octanol–water partition coefficient (Wildman–Crippen LogP) is 1.68. The molecule has 0 bridgehead atoms. The van der Waals surface area contributed by atoms with E-state index in [2.05, 4.69) is 6.58 Å². The molecule has 1 aliphatic heterocycles. The molecular weight excluding hydrogens is 140 g/mol. The Labute approximate surface area is 66.5 Å². The first-order valence-electron chi connectivity index (χ1n) is 3.78. The van der Waals surface area contributed by atoms with Crippen molar-refractivity contribution in [3.8, 4) is 0 Å². The van der Waals surface area contributed by atoms with E-state index in [1.807, 2.05) is 12.2 Å². The van der Waals surface area contributed by atoms with Crippen molar-refractivity contribution in [2.24, 2.45) is 5.92 Å². The Bertz CT molecular complexity index is 182. The number of rotatable bonds is 2. The van der Waals surface area contributed by atoms with Gasteiger partial charge in [-0.05, 0) is 12.3 Å². The van der Waals surface area contributed by atoms with Crippen molar-refractivity contribution in [3.63, 3.8) is 0 Å². The van der Waals surface area contributed by atoms with Crippen LogP contribution in [0.3, 0.4) is 0 Å². The summed E-state index contributed by atoms with van der Waals surface area (Å²) < 4.78 is 4.79. The number of hydrogen-bond acceptors (Lipinski definition) is 2. The standard InChI is InChI=1S/C9H12O2/c1-2-3-4-8-5-6-11-9(10)7-8/h2-4,8H,1,5-7H2. The van der Waals surface area contributed by atoms with Gasteiger partial charge in [-0.15, -0.1) is 0 Å². The van der Waals surface area contributed by atoms with Crippen LogP contribution < -0.4 is 0 Å². The van der Waals surface area contributed by atoms with Crippen LogP contribution >= 0.6 is 0 Å². The van der Waals surface area contributed by atoms with Crippen molar-refractivity contribution in [1.29, 1.82) is 0 Å². The summed E-state index contributed by atoms with van der Waals surface area (Å²) in [4.78, 5) is 10.8. The van der Waals surface area contributed by atoms with E-state index in [-0.39, 0.29) is 5.97 Å². The molecule has 0 amide bonds. The quantitative estimate of drug-likeness (QED) is 0.444. The number of cyclic esters (lactones) is 1. The highest BCUT2D eigenvalue weighted by Crippen LogP contribution is 2.16. The fourth-order valence-electron chi connectivity index (χ4n) is 1.10. The molecule has 0 aromatic heterocycles. The molecule has 1 heterocycles. The van der Waals surface area contributed by atoms with Gasteiger partial charge < -0.3 is 4.74 Å². The molecule has 0 aliphatic carbocycles. The second-order valence-electron chi connectivity index (χ2n) is 2.59. The molecule has 1 unspecified atom stereocenters. The fraction of sp³-hybridized carbons (Fsp3) is 0.444. The summed E-state index contributed by atoms with van der Waals surface area (Å²) in [5, 5.41) is 0. The van der Waals surface area contributed by atoms with E-state index in [0.717, 1.165) is 6.42 Å². The molecule has 60 valence electrons. The molecule has 0 N–H and O–H groups in total. The summed E-state index contributed by atoms with van der Waals surface area (Å²) in [5.41, 5.74) is 0. The van der Waals surface area contributed by atoms with Crippen LogP contribution in [0.5, 0.6) is 0 Å². The van der Waals surface area contributed by atoms with Gasteiger partial charge >= 0.3 is 5.97 Å². The molecule has 11 heavy (non-hydrogen) atoms. The molecule has 0 aromatic carbocycles. The first kappa shape index (κ1) is 8.05. The Hall–Kier alpha value is -1.05. The van der Waals surface area contributed by atoms with Gasteiger partial charge in [0.15, 0.2) is 0 Å². The van der Waals surface area contributed by atoms with Crippen molar-refractivity contribution in [3.05, 3.63) is 24.8 Å². The average molecular weight is 152 g/mol. The van der Waals surface area contributed by atoms with Crippen LogP contribution in [-0.4, -0.2) is 12.6 Å². The van der Waals surface area contributed by atoms with E-state index >= 15 is 0 Å². The maximum atomic E-state index is 10.8. The summed E-state index contributed by atoms with van der Waals surface area (Å²) >= 11 is 0. The minimum Gasteiger partial charge on any atom is -0.466 e. The summed E-state index contributed by atoms with van der Waals surface area (Å²) in [6, 6.07) is 0. The third-order valence-corrected chi connectivity index (χ3v) is 1.70. The summed E-state index contributed by atoms with van der Waals surface area (Å²) in [5.74, 6) is 0.268. The zero-order valence-corrected chi connectivity index (χ0v) is 6.45. The van der Waals surface area contributed by atoms with Crippen LogP contribution in [0.1, 0.15) is 12.8 Å². The topological polar surface area (TPSA) is 26.3 Å². The van der Waals surface area contributed by atoms with Gasteiger partial charge in [0, 0.05) is 0 Å². The number of ether oxygens (including phenoxy) is 1. The highest BCUT2D eigenvalue weighted by atomic mass is 16.5. The van der Waals surface area contributed by atoms with Gasteiger partial charge in [0.05, 0.1) is 13.0 Å². The molecule has 1 atom stereocenters. The minimum atomic E-state index is -0.0880. The van der Waals surface area contributed by atoms with Gasteiger partial charge in [0.25, 0.3) is 0 Å². The van der Waals surface area contributed by atoms with E-state index in [4.69, 9.17) is 4.74 Å². The Kier molecular flexibility index (Phi) is 2.90. The lowest BCUT2D eigenvalue weighted by Gasteiger charge is -2.17. The zero-order valence-electron chi connectivity index (χ0n) is 6.45. The third kappa shape index (κ3) is 2.58. The molecule has 1 saturated heterocycles. The number of esters is 1. The largest absolute Gasteiger partial charge is 0.466 e. The average Bonchev–Trinajstić information content (AvgIpc) is 2.01. The molecule has 2 nitrogen and oxygen atoms in total. The molecule has 0 radical (unpaired) electrons. The molecule has 0 spiro atoms. The van der Waals surface area contributed by atoms with Crippen molar-refractivity contribution in [2.45, 2.75) is 12.8 Å². The Morgan fingerprint density at radius 3 is 3.09 bits per heavy atom. The molecular formula is C9H12O2. The first-order chi connectivity index (χ1) is 5.33. The van der Waals surface area contributed by atoms with Gasteiger partial charge in [-0.3, -0.25) is 4.79 Å². The molecule has 1 fully saturated rings. The van der Waals surface area contributed by atoms with E-state index < -0.39 is 0 Å². The molecule has 1 aliphatic rings. The van der Waals surface area contributed by atoms with Crippen molar-refractivity contribution in [2.75, 3.05) is 6.61 Å². The van der Waals surface area contributed by atoms with Gasteiger partial charge in [0.2, 0.25) is 0 Å². The van der Waals surface area contributed by atoms with E-state index in [0.29, 0.717) is 18.9 Å². The number of carbonyl (C=O) groups is 1. The maximum absolute atomic E-state index is 10.8. The normalized spacial score (nSPS) is 25.1. The van der Waals surface area contributed by atoms with Crippen LogP contribution in [-0.2, 0) is 9.53 Å². The number of allylic oxidation sites excluding steroid dienone is 3. The van der Waals surface area contributed by atoms with Gasteiger partial charge in [-0.1, -0.05) is 24.8 Å². The summed E-state index contributed by atoms with van der Waals surface area (Å²) in [6.07, 6.45) is 7.07. The first-order valence-corrected chi connectivity index (χ1v) is 3.78. The van der Waals surface area contributed by atoms with E-state index in [1.165, 1.54) is 0 Å². The monoisotopic (exact) mass is 152 g/mol. The molecule has 2 heteroatoms. The van der Waals surface area contributed by atoms with Crippen molar-refractivity contribution >= 4 is 5.97 Å². The van der Waals surface area contributed by atoms with Crippen LogP contribution in [0, 0.1) is 5.92 Å². The second kappa shape index (κ2) is 3.96. The highest BCUT2D eigenvalue weighted by molar-refractivity contribution is 5.70. The lowest BCUT2D eigenvalue weighted by Crippen LogP contribution is -2.19. The van der Waals surface area contributed by atoms with Crippen LogP contribution in [0.4, 0.5) is 0 Å². The molecule has 0 saturated carbocycles. The summed E-state index contributed by atoms with van der Waals surface area (Å²) in [6.45, 7) is 4.12. The van der Waals surface area contributed by atoms with Crippen molar-refractivity contribution < 1.29 is 9.53 Å². The number of carbonyl (C=O) groups excluding carboxylic acids is 1. The smallest absolute Gasteiger partial charge is 0.306 e. The third-order valence-electron chi connectivity index (χ3n) is 1.70. The SMILES string of the molecule is C=CC=CC1CCOC(=O)C1. The second-order valence-corrected chi connectivity index (χ2v) is 2.59. The zero-order chi connectivity index (χ0) is 8.10. The number of hydrogen-bond donors (Lipinski definition) is 0. The highest BCUT2D eigenvalue weighted by Gasteiger charge is 2.17. The molecule has 0 aromatic rings. The van der Waals surface area contributed by atoms with E-state index in [9.17, 15) is 4.79 Å². The van der Waals surface area contributed by atoms with Crippen molar-refractivity contribution in [1.82, 2.24) is 0 Å². The lowest BCUT2D eigenvalue weighted by molar-refractivity contribution is -0.148. The van der Waals surface area contributed by atoms with E-state index in [1.54, 1.807) is 6.08 Å². The predicted molar refractivity (Wildman–Crippen MR) is 43.0 cm³/mol. The van der Waals surface area contributed by atoms with Gasteiger partial charge in [-0.25, -0.2) is 0 Å². The summed E-state index contributed by atoms with van der Waals surface area (Å²) in [7, 11) is 0. The minimum absolute atomic E-state index is 0.0880. The maximum Gasteiger partial charge on any atom is 0.306 e. The van der Waals surface area contributed by atoms with Gasteiger partial charge in [-0.2, -0.15) is 0 Å².